The van der Waals surface area contributed by atoms with Gasteiger partial charge in [0.2, 0.25) is 0 Å². The Hall–Kier alpha value is -3.63. The van der Waals surface area contributed by atoms with E-state index >= 15 is 4.39 Å². The van der Waals surface area contributed by atoms with Crippen LogP contribution in [0.25, 0.3) is 10.9 Å². The number of rotatable bonds is 7. The van der Waals surface area contributed by atoms with Crippen molar-refractivity contribution in [1.29, 1.82) is 0 Å². The largest absolute Gasteiger partial charge is 0.479 e. The first-order valence-electron chi connectivity index (χ1n) is 11.5. The van der Waals surface area contributed by atoms with E-state index in [0.717, 1.165) is 12.0 Å². The molecule has 0 amide bonds. The topological polar surface area (TPSA) is 94.6 Å². The molecular formula is C26H24F5N5O2S. The Bertz CT molecular complexity index is 1490. The van der Waals surface area contributed by atoms with Crippen LogP contribution in [0.15, 0.2) is 41.7 Å². The first-order valence-corrected chi connectivity index (χ1v) is 12.4. The minimum atomic E-state index is -4.60. The molecule has 3 aromatic rings. The van der Waals surface area contributed by atoms with E-state index in [1.807, 2.05) is 12.8 Å². The van der Waals surface area contributed by atoms with Crippen molar-refractivity contribution < 1.29 is 31.4 Å². The van der Waals surface area contributed by atoms with Crippen LogP contribution in [0.2, 0.25) is 0 Å². The Kier molecular flexibility index (Phi) is 7.90. The number of methoxy groups -OCH3 is 1. The first-order chi connectivity index (χ1) is 18.3. The Morgan fingerprint density at radius 1 is 1.18 bits per heavy atom. The SMILES string of the molecule is COC[C@@]1(C)C[C@@](C)(c2cc(Nc3nccc4cc(OCC#CC(F)(F)F)cnc34)cc(F)c2F)N=C(N)S1. The number of aromatic nitrogens is 2. The van der Waals surface area contributed by atoms with Gasteiger partial charge in [-0.25, -0.2) is 18.7 Å². The summed E-state index contributed by atoms with van der Waals surface area (Å²) in [6.45, 7) is 3.46. The highest BCUT2D eigenvalue weighted by Crippen LogP contribution is 2.46. The van der Waals surface area contributed by atoms with Gasteiger partial charge in [-0.2, -0.15) is 13.2 Å². The molecule has 0 saturated carbocycles. The molecule has 4 rings (SSSR count). The molecule has 0 fully saturated rings. The van der Waals surface area contributed by atoms with Gasteiger partial charge in [-0.05, 0) is 38.5 Å². The Labute approximate surface area is 225 Å². The van der Waals surface area contributed by atoms with Crippen molar-refractivity contribution in [2.45, 2.75) is 36.7 Å². The fourth-order valence-corrected chi connectivity index (χ4v) is 5.80. The molecule has 0 bridgehead atoms. The van der Waals surface area contributed by atoms with E-state index in [1.165, 1.54) is 30.2 Å². The molecule has 0 saturated heterocycles. The molecular weight excluding hydrogens is 541 g/mol. The second kappa shape index (κ2) is 10.9. The summed E-state index contributed by atoms with van der Waals surface area (Å²) in [4.78, 5) is 13.0. The first kappa shape index (κ1) is 28.4. The van der Waals surface area contributed by atoms with Crippen LogP contribution in [0.3, 0.4) is 0 Å². The van der Waals surface area contributed by atoms with Crippen LogP contribution >= 0.6 is 11.8 Å². The summed E-state index contributed by atoms with van der Waals surface area (Å²) < 4.78 is 76.5. The normalized spacial score (nSPS) is 21.2. The Morgan fingerprint density at radius 2 is 1.95 bits per heavy atom. The number of nitrogens with two attached hydrogens (primary N) is 1. The van der Waals surface area contributed by atoms with E-state index in [0.29, 0.717) is 23.9 Å². The van der Waals surface area contributed by atoms with Crippen molar-refractivity contribution in [2.75, 3.05) is 25.6 Å². The summed E-state index contributed by atoms with van der Waals surface area (Å²) in [6.07, 6.45) is -1.51. The van der Waals surface area contributed by atoms with E-state index in [-0.39, 0.29) is 28.0 Å². The van der Waals surface area contributed by atoms with Crippen LogP contribution in [0.4, 0.5) is 33.5 Å². The van der Waals surface area contributed by atoms with Crippen molar-refractivity contribution in [1.82, 2.24) is 9.97 Å². The fourth-order valence-electron chi connectivity index (χ4n) is 4.52. The number of aliphatic imine (C=N–C) groups is 1. The van der Waals surface area contributed by atoms with E-state index in [2.05, 4.69) is 20.3 Å². The number of ether oxygens (including phenoxy) is 2. The number of nitrogens with zero attached hydrogens (tertiary/aromatic N) is 3. The van der Waals surface area contributed by atoms with Gasteiger partial charge in [-0.3, -0.25) is 4.99 Å². The zero-order chi connectivity index (χ0) is 28.4. The minimum absolute atomic E-state index is 0.0134. The molecule has 2 atom stereocenters. The van der Waals surface area contributed by atoms with E-state index in [9.17, 15) is 17.6 Å². The van der Waals surface area contributed by atoms with Gasteiger partial charge in [-0.1, -0.05) is 17.7 Å². The van der Waals surface area contributed by atoms with Crippen LogP contribution in [0.1, 0.15) is 25.8 Å². The highest BCUT2D eigenvalue weighted by atomic mass is 32.2. The predicted molar refractivity (Wildman–Crippen MR) is 140 cm³/mol. The zero-order valence-corrected chi connectivity index (χ0v) is 21.9. The molecule has 39 heavy (non-hydrogen) atoms. The third-order valence-electron chi connectivity index (χ3n) is 5.86. The van der Waals surface area contributed by atoms with Gasteiger partial charge in [-0.15, -0.1) is 0 Å². The molecule has 1 aliphatic heterocycles. The van der Waals surface area contributed by atoms with Crippen molar-refractivity contribution in [2.24, 2.45) is 10.7 Å². The molecule has 3 N–H and O–H groups in total. The summed E-state index contributed by atoms with van der Waals surface area (Å²) in [5.74, 6) is 1.33. The highest BCUT2D eigenvalue weighted by Gasteiger charge is 2.44. The summed E-state index contributed by atoms with van der Waals surface area (Å²) in [6, 6.07) is 5.62. The van der Waals surface area contributed by atoms with Gasteiger partial charge in [0.15, 0.2) is 22.6 Å². The second-order valence-electron chi connectivity index (χ2n) is 9.32. The molecule has 1 aromatic carbocycles. The fraction of sp³-hybridized carbons (Fsp3) is 0.346. The Morgan fingerprint density at radius 3 is 2.67 bits per heavy atom. The van der Waals surface area contributed by atoms with Gasteiger partial charge < -0.3 is 20.5 Å². The molecule has 7 nitrogen and oxygen atoms in total. The quantitative estimate of drug-likeness (QED) is 0.282. The maximum absolute atomic E-state index is 15.1. The lowest BCUT2D eigenvalue weighted by atomic mass is 9.83. The number of alkyl halides is 3. The molecule has 3 heterocycles. The summed E-state index contributed by atoms with van der Waals surface area (Å²) in [5.41, 5.74) is 5.49. The van der Waals surface area contributed by atoms with Crippen molar-refractivity contribution in [3.05, 3.63) is 53.9 Å². The molecule has 1 aliphatic rings. The highest BCUT2D eigenvalue weighted by molar-refractivity contribution is 8.15. The lowest BCUT2D eigenvalue weighted by molar-refractivity contribution is -0.0698. The zero-order valence-electron chi connectivity index (χ0n) is 21.1. The van der Waals surface area contributed by atoms with Crippen molar-refractivity contribution in [3.8, 4) is 17.6 Å². The maximum Gasteiger partial charge on any atom is 0.457 e. The van der Waals surface area contributed by atoms with E-state index < -0.39 is 34.7 Å². The van der Waals surface area contributed by atoms with Gasteiger partial charge in [0.1, 0.15) is 17.9 Å². The third kappa shape index (κ3) is 6.69. The smallest absolute Gasteiger partial charge is 0.457 e. The molecule has 206 valence electrons. The molecule has 0 aliphatic carbocycles. The van der Waals surface area contributed by atoms with E-state index in [1.54, 1.807) is 26.2 Å². The van der Waals surface area contributed by atoms with Gasteiger partial charge in [0.25, 0.3) is 0 Å². The molecule has 13 heteroatoms. The number of pyridine rings is 2. The van der Waals surface area contributed by atoms with Crippen LogP contribution in [0.5, 0.6) is 5.75 Å². The van der Waals surface area contributed by atoms with Gasteiger partial charge >= 0.3 is 6.18 Å². The number of nitrogens with one attached hydrogen (secondary N) is 1. The second-order valence-corrected chi connectivity index (χ2v) is 10.9. The van der Waals surface area contributed by atoms with E-state index in [4.69, 9.17) is 15.2 Å². The summed E-state index contributed by atoms with van der Waals surface area (Å²) in [7, 11) is 1.55. The number of fused-ring (bicyclic) bond motifs is 1. The third-order valence-corrected chi connectivity index (χ3v) is 6.92. The van der Waals surface area contributed by atoms with Gasteiger partial charge in [0.05, 0.1) is 18.3 Å². The van der Waals surface area contributed by atoms with Crippen LogP contribution in [0, 0.1) is 23.5 Å². The van der Waals surface area contributed by atoms with Crippen LogP contribution in [-0.4, -0.2) is 46.4 Å². The number of benzene rings is 1. The summed E-state index contributed by atoms with van der Waals surface area (Å²) >= 11 is 1.32. The minimum Gasteiger partial charge on any atom is -0.479 e. The van der Waals surface area contributed by atoms with Crippen LogP contribution < -0.4 is 15.8 Å². The van der Waals surface area contributed by atoms with Crippen molar-refractivity contribution >= 4 is 39.3 Å². The molecule has 0 unspecified atom stereocenters. The van der Waals surface area contributed by atoms with Crippen molar-refractivity contribution in [3.63, 3.8) is 0 Å². The lowest BCUT2D eigenvalue weighted by Crippen LogP contribution is -2.43. The maximum atomic E-state index is 15.1. The van der Waals surface area contributed by atoms with Gasteiger partial charge in [0, 0.05) is 46.7 Å². The monoisotopic (exact) mass is 565 g/mol. The predicted octanol–water partition coefficient (Wildman–Crippen LogP) is 5.67. The average molecular weight is 566 g/mol. The molecule has 2 aromatic heterocycles. The number of amidine groups is 1. The molecule has 0 radical (unpaired) electrons. The number of anilines is 2. The average Bonchev–Trinajstić information content (AvgIpc) is 2.82. The lowest BCUT2D eigenvalue weighted by Gasteiger charge is -2.41. The number of halogens is 5. The molecule has 0 spiro atoms. The standard InChI is InChI=1S/C26H24F5N5O2S/c1-24(14-37-3)13-25(2,36-23(32)39-24)18-10-16(11-19(27)20(18)28)35-22-21-15(5-7-33-22)9-17(12-34-21)38-8-4-6-26(29,30)31/h5,7,9-12H,8,13-14H2,1-3H3,(H2,32,36)(H,33,35)/t24-,25+/m1/s1. The Balaban J connectivity index is 1.64. The number of thioether (sulfide) groups is 1. The number of hydrogen-bond acceptors (Lipinski definition) is 8. The van der Waals surface area contributed by atoms with Crippen LogP contribution in [-0.2, 0) is 10.3 Å². The summed E-state index contributed by atoms with van der Waals surface area (Å²) in [5, 5.41) is 3.76. The number of hydrogen-bond donors (Lipinski definition) is 2.